The van der Waals surface area contributed by atoms with Gasteiger partial charge in [-0.05, 0) is 55.0 Å². The molecule has 6 rings (SSSR count). The Balaban J connectivity index is 1.43. The molecule has 31 heavy (non-hydrogen) atoms. The highest BCUT2D eigenvalue weighted by atomic mass is 16.6. The molecule has 2 heterocycles. The van der Waals surface area contributed by atoms with Crippen LogP contribution in [0.3, 0.4) is 0 Å². The third-order valence-corrected chi connectivity index (χ3v) is 7.57. The first kappa shape index (κ1) is 18.6. The Bertz CT molecular complexity index is 1080. The van der Waals surface area contributed by atoms with Crippen molar-refractivity contribution in [1.82, 2.24) is 4.90 Å². The molecule has 6 nitrogen and oxygen atoms in total. The number of benzene rings is 2. The van der Waals surface area contributed by atoms with Crippen LogP contribution in [0, 0.1) is 5.92 Å². The molecular formula is C25H25NO5. The summed E-state index contributed by atoms with van der Waals surface area (Å²) in [5.74, 6) is 3.30. The largest absolute Gasteiger partial charge is 0.497 e. The van der Waals surface area contributed by atoms with E-state index in [1.54, 1.807) is 14.2 Å². The number of rotatable bonds is 3. The third-order valence-electron chi connectivity index (χ3n) is 7.57. The van der Waals surface area contributed by atoms with E-state index < -0.39 is 0 Å². The van der Waals surface area contributed by atoms with Crippen LogP contribution >= 0.6 is 0 Å². The maximum atomic E-state index is 13.2. The van der Waals surface area contributed by atoms with Crippen molar-refractivity contribution in [1.29, 1.82) is 0 Å². The molecule has 0 N–H and O–H groups in total. The lowest BCUT2D eigenvalue weighted by Crippen LogP contribution is -2.65. The minimum Gasteiger partial charge on any atom is -0.497 e. The molecule has 0 radical (unpaired) electrons. The average molecular weight is 419 g/mol. The maximum Gasteiger partial charge on any atom is 0.415 e. The van der Waals surface area contributed by atoms with Crippen molar-refractivity contribution in [2.45, 2.75) is 36.8 Å². The van der Waals surface area contributed by atoms with Gasteiger partial charge < -0.3 is 23.8 Å². The molecule has 1 spiro atoms. The summed E-state index contributed by atoms with van der Waals surface area (Å²) in [6.45, 7) is 0.625. The summed E-state index contributed by atoms with van der Waals surface area (Å²) in [6, 6.07) is 13.4. The zero-order valence-corrected chi connectivity index (χ0v) is 17.7. The highest BCUT2D eigenvalue weighted by molar-refractivity contribution is 5.73. The molecule has 1 saturated heterocycles. The van der Waals surface area contributed by atoms with Gasteiger partial charge in [-0.15, -0.1) is 0 Å². The van der Waals surface area contributed by atoms with E-state index in [1.807, 2.05) is 41.3 Å². The monoisotopic (exact) mass is 419 g/mol. The van der Waals surface area contributed by atoms with Gasteiger partial charge in [-0.3, -0.25) is 0 Å². The summed E-state index contributed by atoms with van der Waals surface area (Å²) < 4.78 is 23.7. The first-order chi connectivity index (χ1) is 15.2. The standard InChI is InChI=1S/C25H25NO5/c1-28-19-10-8-15-14-18-17-9-11-20(29-2)23-25(17,21(15)22(19)31-23)12-13-26(18)24(27)30-16-6-4-3-5-7-16/h3-8,10-11,17-18,23H,9,12-14H2,1-2H3/t17?,18-,23+,25+/m1/s1. The summed E-state index contributed by atoms with van der Waals surface area (Å²) in [7, 11) is 3.39. The number of nitrogens with zero attached hydrogens (tertiary/aromatic N) is 1. The van der Waals surface area contributed by atoms with Gasteiger partial charge in [-0.2, -0.15) is 0 Å². The Kier molecular flexibility index (Phi) is 4.01. The second kappa shape index (κ2) is 6.67. The number of ether oxygens (including phenoxy) is 4. The zero-order chi connectivity index (χ0) is 21.2. The number of piperidine rings is 1. The van der Waals surface area contributed by atoms with E-state index in [1.165, 1.54) is 11.1 Å². The average Bonchev–Trinajstić information content (AvgIpc) is 3.14. The lowest BCUT2D eigenvalue weighted by Gasteiger charge is -2.56. The molecule has 6 heteroatoms. The summed E-state index contributed by atoms with van der Waals surface area (Å²) in [4.78, 5) is 15.1. The van der Waals surface area contributed by atoms with Crippen molar-refractivity contribution in [3.63, 3.8) is 0 Å². The predicted octanol–water partition coefficient (Wildman–Crippen LogP) is 4.07. The van der Waals surface area contributed by atoms with Gasteiger partial charge in [0.25, 0.3) is 0 Å². The minimum absolute atomic E-state index is 0.0533. The number of carbonyl (C=O) groups excluding carboxylic acids is 1. The van der Waals surface area contributed by atoms with Crippen LogP contribution in [0.2, 0.25) is 0 Å². The molecule has 2 aromatic carbocycles. The number of methoxy groups -OCH3 is 2. The van der Waals surface area contributed by atoms with Crippen LogP contribution in [0.25, 0.3) is 0 Å². The van der Waals surface area contributed by atoms with Crippen molar-refractivity contribution in [2.75, 3.05) is 20.8 Å². The Morgan fingerprint density at radius 1 is 1.13 bits per heavy atom. The van der Waals surface area contributed by atoms with Crippen molar-refractivity contribution < 1.29 is 23.7 Å². The maximum absolute atomic E-state index is 13.2. The Morgan fingerprint density at radius 3 is 2.74 bits per heavy atom. The SMILES string of the molecule is COC1=CCC2[C@H]3Cc4ccc(OC)c5c4[C@@]2(CCN3C(=O)Oc2ccccc2)[C@H]1O5. The third kappa shape index (κ3) is 2.42. The number of hydrogen-bond acceptors (Lipinski definition) is 5. The van der Waals surface area contributed by atoms with Crippen LogP contribution in [-0.4, -0.2) is 43.9 Å². The second-order valence-corrected chi connectivity index (χ2v) is 8.72. The van der Waals surface area contributed by atoms with Gasteiger partial charge in [0.15, 0.2) is 17.6 Å². The van der Waals surface area contributed by atoms with E-state index >= 15 is 0 Å². The molecule has 4 atom stereocenters. The summed E-state index contributed by atoms with van der Waals surface area (Å²) in [5, 5.41) is 0. The Labute approximate surface area is 181 Å². The van der Waals surface area contributed by atoms with E-state index in [4.69, 9.17) is 18.9 Å². The van der Waals surface area contributed by atoms with Crippen LogP contribution in [0.5, 0.6) is 17.2 Å². The topological polar surface area (TPSA) is 57.2 Å². The van der Waals surface area contributed by atoms with Crippen molar-refractivity contribution in [3.05, 3.63) is 65.4 Å². The van der Waals surface area contributed by atoms with Gasteiger partial charge in [-0.1, -0.05) is 24.3 Å². The molecule has 2 aliphatic heterocycles. The molecular weight excluding hydrogens is 394 g/mol. The molecule has 0 aromatic heterocycles. The fourth-order valence-corrected chi connectivity index (χ4v) is 6.34. The number of likely N-dealkylation sites (tertiary alicyclic amines) is 1. The summed E-state index contributed by atoms with van der Waals surface area (Å²) in [6.07, 6.45) is 4.11. The van der Waals surface area contributed by atoms with Crippen molar-refractivity contribution >= 4 is 6.09 Å². The molecule has 2 aromatic rings. The van der Waals surface area contributed by atoms with E-state index in [0.29, 0.717) is 12.3 Å². The normalized spacial score (nSPS) is 29.4. The van der Waals surface area contributed by atoms with Gasteiger partial charge in [0.05, 0.1) is 19.6 Å². The Hall–Kier alpha value is -3.15. The highest BCUT2D eigenvalue weighted by Crippen LogP contribution is 2.63. The molecule has 4 aliphatic rings. The quantitative estimate of drug-likeness (QED) is 0.751. The van der Waals surface area contributed by atoms with Crippen molar-refractivity contribution in [2.24, 2.45) is 5.92 Å². The summed E-state index contributed by atoms with van der Waals surface area (Å²) in [5.41, 5.74) is 2.29. The molecule has 2 bridgehead atoms. The molecule has 2 aliphatic carbocycles. The number of carbonyl (C=O) groups is 1. The zero-order valence-electron chi connectivity index (χ0n) is 17.7. The molecule has 160 valence electrons. The summed E-state index contributed by atoms with van der Waals surface area (Å²) >= 11 is 0. The molecule has 1 amide bonds. The highest BCUT2D eigenvalue weighted by Gasteiger charge is 2.65. The molecule has 1 unspecified atom stereocenters. The lowest BCUT2D eigenvalue weighted by atomic mass is 9.53. The van der Waals surface area contributed by atoms with Gasteiger partial charge in [0.2, 0.25) is 0 Å². The van der Waals surface area contributed by atoms with Crippen LogP contribution in [0.4, 0.5) is 4.79 Å². The fraction of sp³-hybridized carbons (Fsp3) is 0.400. The van der Waals surface area contributed by atoms with E-state index in [0.717, 1.165) is 36.5 Å². The van der Waals surface area contributed by atoms with Crippen LogP contribution in [0.1, 0.15) is 24.0 Å². The van der Waals surface area contributed by atoms with E-state index in [-0.39, 0.29) is 29.6 Å². The van der Waals surface area contributed by atoms with Crippen LogP contribution in [0.15, 0.2) is 54.3 Å². The van der Waals surface area contributed by atoms with E-state index in [9.17, 15) is 4.79 Å². The first-order valence-corrected chi connectivity index (χ1v) is 10.8. The first-order valence-electron chi connectivity index (χ1n) is 10.8. The second-order valence-electron chi connectivity index (χ2n) is 8.72. The number of allylic oxidation sites excluding steroid dienone is 1. The van der Waals surface area contributed by atoms with Gasteiger partial charge in [0.1, 0.15) is 11.5 Å². The Morgan fingerprint density at radius 2 is 1.97 bits per heavy atom. The smallest absolute Gasteiger partial charge is 0.415 e. The molecule has 0 saturated carbocycles. The lowest BCUT2D eigenvalue weighted by molar-refractivity contribution is -0.0271. The van der Waals surface area contributed by atoms with Gasteiger partial charge in [0, 0.05) is 18.2 Å². The van der Waals surface area contributed by atoms with Gasteiger partial charge >= 0.3 is 6.09 Å². The fourth-order valence-electron chi connectivity index (χ4n) is 6.34. The van der Waals surface area contributed by atoms with Crippen LogP contribution < -0.4 is 14.2 Å². The number of amides is 1. The number of para-hydroxylation sites is 1. The molecule has 1 fully saturated rings. The van der Waals surface area contributed by atoms with Crippen molar-refractivity contribution in [3.8, 4) is 17.2 Å². The van der Waals surface area contributed by atoms with Crippen LogP contribution in [-0.2, 0) is 16.6 Å². The number of hydrogen-bond donors (Lipinski definition) is 0. The van der Waals surface area contributed by atoms with Gasteiger partial charge in [-0.25, -0.2) is 4.79 Å². The predicted molar refractivity (Wildman–Crippen MR) is 114 cm³/mol. The van der Waals surface area contributed by atoms with E-state index in [2.05, 4.69) is 12.1 Å². The minimum atomic E-state index is -0.278.